The SMILES string of the molecule is C[Si](C)(C)CCOCn1c2c(c3ccc(Cl)c(Br)c31)C(=O)C(=CO)CCC2. The third-order valence-electron chi connectivity index (χ3n) is 4.97. The summed E-state index contributed by atoms with van der Waals surface area (Å²) in [5.41, 5.74) is 2.96. The first kappa shape index (κ1) is 20.6. The zero-order valence-corrected chi connectivity index (χ0v) is 19.3. The molecule has 1 aliphatic rings. The minimum Gasteiger partial charge on any atom is -0.515 e. The van der Waals surface area contributed by atoms with E-state index in [4.69, 9.17) is 16.3 Å². The number of allylic oxidation sites excluding steroid dienone is 1. The lowest BCUT2D eigenvalue weighted by molar-refractivity contribution is 0.0881. The fourth-order valence-corrected chi connectivity index (χ4v) is 4.93. The number of nitrogens with zero attached hydrogens (tertiary/aromatic N) is 1. The molecule has 0 spiro atoms. The van der Waals surface area contributed by atoms with Gasteiger partial charge in [-0.15, -0.1) is 0 Å². The van der Waals surface area contributed by atoms with E-state index in [9.17, 15) is 9.90 Å². The van der Waals surface area contributed by atoms with Crippen molar-refractivity contribution in [2.24, 2.45) is 0 Å². The Kier molecular flexibility index (Phi) is 6.20. The number of fused-ring (bicyclic) bond motifs is 3. The van der Waals surface area contributed by atoms with E-state index in [1.54, 1.807) is 6.07 Å². The summed E-state index contributed by atoms with van der Waals surface area (Å²) >= 11 is 9.93. The topological polar surface area (TPSA) is 51.5 Å². The van der Waals surface area contributed by atoms with Crippen LogP contribution in [0.2, 0.25) is 30.7 Å². The summed E-state index contributed by atoms with van der Waals surface area (Å²) < 4.78 is 8.85. The third-order valence-corrected chi connectivity index (χ3v) is 8.02. The fraction of sp³-hybridized carbons (Fsp3) is 0.450. The predicted octanol–water partition coefficient (Wildman–Crippen LogP) is 6.33. The monoisotopic (exact) mass is 469 g/mol. The molecular formula is C20H25BrClNO3Si. The van der Waals surface area contributed by atoms with Gasteiger partial charge in [0.1, 0.15) is 6.73 Å². The standard InChI is InChI=1S/C20H25BrClNO3Si/c1-27(2,3)10-9-26-12-23-16-6-4-5-13(11-24)20(25)17(16)14-7-8-15(22)18(21)19(14)23/h7-8,11,24H,4-6,9-10,12H2,1-3H3. The molecule has 2 aromatic rings. The molecule has 146 valence electrons. The Balaban J connectivity index is 2.08. The molecule has 7 heteroatoms. The number of ether oxygens (including phenoxy) is 1. The summed E-state index contributed by atoms with van der Waals surface area (Å²) in [5, 5.41) is 10.9. The number of ketones is 1. The average Bonchev–Trinajstić information content (AvgIpc) is 2.81. The molecule has 1 N–H and O–H groups in total. The second-order valence-electron chi connectivity index (χ2n) is 8.19. The lowest BCUT2D eigenvalue weighted by atomic mass is 10.0. The third kappa shape index (κ3) is 4.19. The van der Waals surface area contributed by atoms with Crippen LogP contribution in [0.15, 0.2) is 28.4 Å². The Bertz CT molecular complexity index is 914. The van der Waals surface area contributed by atoms with Gasteiger partial charge in [0.25, 0.3) is 0 Å². The van der Waals surface area contributed by atoms with Crippen LogP contribution in [0.3, 0.4) is 0 Å². The highest BCUT2D eigenvalue weighted by molar-refractivity contribution is 9.10. The second kappa shape index (κ2) is 8.11. The largest absolute Gasteiger partial charge is 0.515 e. The molecule has 1 aromatic heterocycles. The molecule has 0 atom stereocenters. The first-order chi connectivity index (χ1) is 12.7. The molecule has 0 saturated carbocycles. The molecular weight excluding hydrogens is 446 g/mol. The Morgan fingerprint density at radius 3 is 2.74 bits per heavy atom. The molecule has 27 heavy (non-hydrogen) atoms. The van der Waals surface area contributed by atoms with Gasteiger partial charge in [0.15, 0.2) is 5.78 Å². The Hall–Kier alpha value is -1.08. The lowest BCUT2D eigenvalue weighted by Gasteiger charge is -2.17. The molecule has 0 amide bonds. The van der Waals surface area contributed by atoms with Gasteiger partial charge < -0.3 is 14.4 Å². The van der Waals surface area contributed by atoms with Gasteiger partial charge in [-0.2, -0.15) is 0 Å². The smallest absolute Gasteiger partial charge is 0.194 e. The summed E-state index contributed by atoms with van der Waals surface area (Å²) in [6.07, 6.45) is 3.10. The van der Waals surface area contributed by atoms with E-state index in [1.165, 1.54) is 0 Å². The van der Waals surface area contributed by atoms with Gasteiger partial charge in [-0.25, -0.2) is 0 Å². The average molecular weight is 471 g/mol. The summed E-state index contributed by atoms with van der Waals surface area (Å²) in [7, 11) is -1.17. The molecule has 1 aliphatic carbocycles. The maximum absolute atomic E-state index is 13.0. The summed E-state index contributed by atoms with van der Waals surface area (Å²) in [5.74, 6) is -0.106. The number of carbonyl (C=O) groups excluding carboxylic acids is 1. The summed E-state index contributed by atoms with van der Waals surface area (Å²) in [4.78, 5) is 13.0. The van der Waals surface area contributed by atoms with Crippen LogP contribution < -0.4 is 0 Å². The number of aliphatic hydroxyl groups is 1. The summed E-state index contributed by atoms with van der Waals surface area (Å²) in [6, 6.07) is 4.77. The molecule has 0 saturated heterocycles. The predicted molar refractivity (Wildman–Crippen MR) is 117 cm³/mol. The zero-order valence-electron chi connectivity index (χ0n) is 15.9. The number of benzene rings is 1. The number of aromatic nitrogens is 1. The van der Waals surface area contributed by atoms with Crippen molar-refractivity contribution in [3.8, 4) is 0 Å². The van der Waals surface area contributed by atoms with Crippen molar-refractivity contribution in [3.05, 3.63) is 44.7 Å². The van der Waals surface area contributed by atoms with E-state index in [2.05, 4.69) is 40.1 Å². The van der Waals surface area contributed by atoms with Crippen LogP contribution in [0.4, 0.5) is 0 Å². The number of halogens is 2. The molecule has 0 bridgehead atoms. The van der Waals surface area contributed by atoms with E-state index in [-0.39, 0.29) is 5.78 Å². The van der Waals surface area contributed by atoms with Gasteiger partial charge in [0.2, 0.25) is 0 Å². The van der Waals surface area contributed by atoms with Crippen molar-refractivity contribution in [2.45, 2.75) is 51.7 Å². The van der Waals surface area contributed by atoms with Gasteiger partial charge in [-0.05, 0) is 47.3 Å². The number of hydrogen-bond acceptors (Lipinski definition) is 3. The van der Waals surface area contributed by atoms with Crippen LogP contribution >= 0.6 is 27.5 Å². The molecule has 4 nitrogen and oxygen atoms in total. The van der Waals surface area contributed by atoms with Crippen LogP contribution in [-0.2, 0) is 17.9 Å². The maximum atomic E-state index is 13.0. The molecule has 0 radical (unpaired) electrons. The molecule has 1 heterocycles. The van der Waals surface area contributed by atoms with Crippen LogP contribution in [0.25, 0.3) is 10.9 Å². The van der Waals surface area contributed by atoms with Crippen molar-refractivity contribution in [3.63, 3.8) is 0 Å². The minimum atomic E-state index is -1.17. The van der Waals surface area contributed by atoms with E-state index >= 15 is 0 Å². The van der Waals surface area contributed by atoms with E-state index in [1.807, 2.05) is 6.07 Å². The van der Waals surface area contributed by atoms with Gasteiger partial charge in [0, 0.05) is 31.3 Å². The lowest BCUT2D eigenvalue weighted by Crippen LogP contribution is -2.22. The van der Waals surface area contributed by atoms with Crippen LogP contribution in [-0.4, -0.2) is 30.1 Å². The van der Waals surface area contributed by atoms with Crippen LogP contribution in [0, 0.1) is 0 Å². The van der Waals surface area contributed by atoms with Crippen molar-refractivity contribution in [1.82, 2.24) is 4.57 Å². The van der Waals surface area contributed by atoms with E-state index < -0.39 is 8.07 Å². The van der Waals surface area contributed by atoms with Gasteiger partial charge >= 0.3 is 0 Å². The Morgan fingerprint density at radius 1 is 1.33 bits per heavy atom. The van der Waals surface area contributed by atoms with E-state index in [0.717, 1.165) is 46.2 Å². The number of aliphatic hydroxyl groups excluding tert-OH is 1. The molecule has 0 aliphatic heterocycles. The van der Waals surface area contributed by atoms with Crippen molar-refractivity contribution in [1.29, 1.82) is 0 Å². The Morgan fingerprint density at radius 2 is 2.07 bits per heavy atom. The normalized spacial score (nSPS) is 16.8. The maximum Gasteiger partial charge on any atom is 0.194 e. The zero-order chi connectivity index (χ0) is 19.8. The van der Waals surface area contributed by atoms with Gasteiger partial charge in [-0.1, -0.05) is 37.3 Å². The quantitative estimate of drug-likeness (QED) is 0.183. The minimum absolute atomic E-state index is 0.106. The van der Waals surface area contributed by atoms with Gasteiger partial charge in [-0.3, -0.25) is 4.79 Å². The highest BCUT2D eigenvalue weighted by Gasteiger charge is 2.29. The number of hydrogen-bond donors (Lipinski definition) is 1. The highest BCUT2D eigenvalue weighted by Crippen LogP contribution is 2.39. The number of carbonyl (C=O) groups is 1. The molecule has 3 rings (SSSR count). The molecule has 0 unspecified atom stereocenters. The highest BCUT2D eigenvalue weighted by atomic mass is 79.9. The molecule has 0 fully saturated rings. The van der Waals surface area contributed by atoms with E-state index in [0.29, 0.717) is 35.9 Å². The first-order valence-electron chi connectivity index (χ1n) is 9.19. The first-order valence-corrected chi connectivity index (χ1v) is 14.1. The second-order valence-corrected chi connectivity index (χ2v) is 15.0. The van der Waals surface area contributed by atoms with Crippen molar-refractivity contribution < 1.29 is 14.6 Å². The van der Waals surface area contributed by atoms with Crippen molar-refractivity contribution in [2.75, 3.05) is 6.61 Å². The summed E-state index contributed by atoms with van der Waals surface area (Å²) in [6.45, 7) is 8.07. The fourth-order valence-electron chi connectivity index (χ4n) is 3.46. The Labute approximate surface area is 174 Å². The van der Waals surface area contributed by atoms with Gasteiger partial charge in [0.05, 0.1) is 26.8 Å². The number of Topliss-reactive ketones (excluding diaryl/α,β-unsaturated/α-hetero) is 1. The molecule has 1 aromatic carbocycles. The van der Waals surface area contributed by atoms with Crippen molar-refractivity contribution >= 4 is 52.3 Å². The number of rotatable bonds is 5. The van der Waals surface area contributed by atoms with Crippen LogP contribution in [0.5, 0.6) is 0 Å². The van der Waals surface area contributed by atoms with Crippen LogP contribution in [0.1, 0.15) is 28.9 Å².